The van der Waals surface area contributed by atoms with Gasteiger partial charge in [-0.2, -0.15) is 5.10 Å². The molecule has 2 aliphatic rings. The lowest BCUT2D eigenvalue weighted by Crippen LogP contribution is -2.49. The minimum Gasteiger partial charge on any atom is -0.381 e. The molecule has 2 amide bonds. The molecule has 2 fully saturated rings. The van der Waals surface area contributed by atoms with Crippen molar-refractivity contribution in [1.82, 2.24) is 35.6 Å². The second-order valence-electron chi connectivity index (χ2n) is 13.9. The number of hydrogen-bond donors (Lipinski definition) is 4. The van der Waals surface area contributed by atoms with Gasteiger partial charge >= 0.3 is 0 Å². The van der Waals surface area contributed by atoms with Gasteiger partial charge < -0.3 is 26.0 Å². The zero-order valence-corrected chi connectivity index (χ0v) is 30.7. The van der Waals surface area contributed by atoms with E-state index in [9.17, 15) is 9.59 Å². The molecule has 6 rings (SSSR count). The third-order valence-electron chi connectivity index (χ3n) is 10.3. The van der Waals surface area contributed by atoms with Crippen molar-refractivity contribution >= 4 is 28.5 Å². The Hall–Kier alpha value is -4.32. The Morgan fingerprint density at radius 1 is 1.00 bits per heavy atom. The third-order valence-corrected chi connectivity index (χ3v) is 10.3. The first-order valence-electron chi connectivity index (χ1n) is 18.7. The minimum absolute atomic E-state index is 0.108. The summed E-state index contributed by atoms with van der Waals surface area (Å²) in [6, 6.07) is 15.9. The molecular weight excluding hydrogens is 640 g/mol. The number of pyridine rings is 1. The number of nitrogens with one attached hydrogen (secondary N) is 4. The Morgan fingerprint density at radius 2 is 1.78 bits per heavy atom. The number of hydrogen-bond acceptors (Lipinski definition) is 8. The smallest absolute Gasteiger partial charge is 0.220 e. The van der Waals surface area contributed by atoms with Crippen LogP contribution in [0.2, 0.25) is 0 Å². The van der Waals surface area contributed by atoms with Gasteiger partial charge in [0, 0.05) is 95.2 Å². The highest BCUT2D eigenvalue weighted by Crippen LogP contribution is 2.31. The molecular formula is C40H54N8O3. The molecule has 2 aromatic heterocycles. The first-order chi connectivity index (χ1) is 24.8. The lowest BCUT2D eigenvalue weighted by Gasteiger charge is -2.34. The van der Waals surface area contributed by atoms with Gasteiger partial charge in [-0.25, -0.2) is 9.67 Å². The van der Waals surface area contributed by atoms with Crippen LogP contribution in [0.5, 0.6) is 0 Å². The summed E-state index contributed by atoms with van der Waals surface area (Å²) in [5, 5.41) is 18.9. The molecule has 11 nitrogen and oxygen atoms in total. The van der Waals surface area contributed by atoms with E-state index >= 15 is 0 Å². The highest BCUT2D eigenvalue weighted by molar-refractivity contribution is 5.92. The number of amides is 2. The largest absolute Gasteiger partial charge is 0.381 e. The highest BCUT2D eigenvalue weighted by Gasteiger charge is 2.22. The number of aryl methyl sites for hydroxylation is 3. The number of carbonyl (C=O) groups is 2. The second kappa shape index (κ2) is 17.3. The number of rotatable bonds is 14. The van der Waals surface area contributed by atoms with Crippen LogP contribution in [0.15, 0.2) is 48.7 Å². The molecule has 4 heterocycles. The van der Waals surface area contributed by atoms with Crippen molar-refractivity contribution in [3.05, 3.63) is 76.6 Å². The molecule has 0 unspecified atom stereocenters. The van der Waals surface area contributed by atoms with E-state index < -0.39 is 0 Å². The van der Waals surface area contributed by atoms with E-state index in [0.717, 1.165) is 98.7 Å². The van der Waals surface area contributed by atoms with Crippen LogP contribution in [0, 0.1) is 6.92 Å². The molecule has 0 aliphatic carbocycles. The van der Waals surface area contributed by atoms with Crippen LogP contribution in [0.1, 0.15) is 74.4 Å². The van der Waals surface area contributed by atoms with Gasteiger partial charge in [0.25, 0.3) is 0 Å². The quantitative estimate of drug-likeness (QED) is 0.144. The van der Waals surface area contributed by atoms with Gasteiger partial charge in [0.15, 0.2) is 5.65 Å². The maximum atomic E-state index is 13.0. The highest BCUT2D eigenvalue weighted by atomic mass is 16.5. The number of nitrogens with zero attached hydrogens (tertiary/aromatic N) is 4. The predicted molar refractivity (Wildman–Crippen MR) is 202 cm³/mol. The number of benzene rings is 2. The summed E-state index contributed by atoms with van der Waals surface area (Å²) in [6.45, 7) is 15.5. The summed E-state index contributed by atoms with van der Waals surface area (Å²) in [5.74, 6) is -0.313. The molecule has 4 N–H and O–H groups in total. The molecule has 0 spiro atoms. The maximum Gasteiger partial charge on any atom is 0.220 e. The molecule has 51 heavy (non-hydrogen) atoms. The Balaban J connectivity index is 1.04. The monoisotopic (exact) mass is 694 g/mol. The summed E-state index contributed by atoms with van der Waals surface area (Å²) < 4.78 is 7.50. The first kappa shape index (κ1) is 36.5. The van der Waals surface area contributed by atoms with Crippen LogP contribution < -0.4 is 21.3 Å². The van der Waals surface area contributed by atoms with Crippen molar-refractivity contribution in [2.24, 2.45) is 0 Å². The van der Waals surface area contributed by atoms with Crippen molar-refractivity contribution in [2.75, 3.05) is 38.2 Å². The summed E-state index contributed by atoms with van der Waals surface area (Å²) in [4.78, 5) is 33.4. The number of piperazine rings is 1. The normalized spacial score (nSPS) is 17.1. The van der Waals surface area contributed by atoms with Crippen LogP contribution in [0.3, 0.4) is 0 Å². The van der Waals surface area contributed by atoms with E-state index in [2.05, 4.69) is 101 Å². The zero-order chi connectivity index (χ0) is 35.7. The minimum atomic E-state index is -0.165. The van der Waals surface area contributed by atoms with Gasteiger partial charge in [0.05, 0.1) is 17.3 Å². The summed E-state index contributed by atoms with van der Waals surface area (Å²) in [5.41, 5.74) is 9.63. The summed E-state index contributed by atoms with van der Waals surface area (Å²) in [6.07, 6.45) is 4.65. The van der Waals surface area contributed by atoms with Gasteiger partial charge in [0.1, 0.15) is 0 Å². The van der Waals surface area contributed by atoms with Crippen molar-refractivity contribution in [3.63, 3.8) is 0 Å². The fraction of sp³-hybridized carbons (Fsp3) is 0.500. The summed E-state index contributed by atoms with van der Waals surface area (Å²) in [7, 11) is 0. The van der Waals surface area contributed by atoms with E-state index in [1.54, 1.807) is 0 Å². The molecule has 2 aromatic carbocycles. The molecule has 0 saturated carbocycles. The Morgan fingerprint density at radius 3 is 2.53 bits per heavy atom. The molecule has 2 aliphatic heterocycles. The van der Waals surface area contributed by atoms with Crippen molar-refractivity contribution in [3.8, 4) is 11.1 Å². The number of ether oxygens (including phenoxy) is 1. The average molecular weight is 695 g/mol. The lowest BCUT2D eigenvalue weighted by atomic mass is 9.96. The average Bonchev–Trinajstić information content (AvgIpc) is 3.57. The van der Waals surface area contributed by atoms with E-state index in [1.807, 2.05) is 10.9 Å². The van der Waals surface area contributed by atoms with Crippen LogP contribution in [0.25, 0.3) is 22.2 Å². The number of aromatic nitrogens is 3. The van der Waals surface area contributed by atoms with Gasteiger partial charge in [-0.15, -0.1) is 0 Å². The molecule has 4 aromatic rings. The lowest BCUT2D eigenvalue weighted by molar-refractivity contribution is -0.126. The topological polar surface area (TPSA) is 125 Å². The Bertz CT molecular complexity index is 1810. The molecule has 0 bridgehead atoms. The van der Waals surface area contributed by atoms with Crippen LogP contribution in [0.4, 0.5) is 5.69 Å². The second-order valence-corrected chi connectivity index (χ2v) is 13.9. The van der Waals surface area contributed by atoms with E-state index in [1.165, 1.54) is 22.3 Å². The summed E-state index contributed by atoms with van der Waals surface area (Å²) >= 11 is 0. The number of anilines is 1. The van der Waals surface area contributed by atoms with Crippen molar-refractivity contribution < 1.29 is 14.3 Å². The maximum absolute atomic E-state index is 13.0. The molecule has 1 atom stereocenters. The zero-order valence-electron chi connectivity index (χ0n) is 30.7. The van der Waals surface area contributed by atoms with Gasteiger partial charge in [-0.1, -0.05) is 37.3 Å². The van der Waals surface area contributed by atoms with E-state index in [-0.39, 0.29) is 30.7 Å². The van der Waals surface area contributed by atoms with Crippen molar-refractivity contribution in [1.29, 1.82) is 0 Å². The van der Waals surface area contributed by atoms with Gasteiger partial charge in [-0.3, -0.25) is 14.5 Å². The first-order valence-corrected chi connectivity index (χ1v) is 18.7. The van der Waals surface area contributed by atoms with Gasteiger partial charge in [0.2, 0.25) is 11.8 Å². The number of carbonyl (C=O) groups excluding carboxylic acids is 2. The number of fused-ring (bicyclic) bond motifs is 1. The van der Waals surface area contributed by atoms with Crippen LogP contribution >= 0.6 is 0 Å². The molecule has 0 radical (unpaired) electrons. The van der Waals surface area contributed by atoms with E-state index in [4.69, 9.17) is 9.72 Å². The standard InChI is InChI=1S/C40H54N8O3/c1-5-36-34(39(45-32-14-18-51-19-15-32)35-25-44-48(6-2)40(35)46-36)24-43-38(50)13-12-37(49)42-23-29-11-10-27(3)33(21-29)31-9-7-8-30(20-31)26-47-17-16-41-22-28(47)4/h7-11,20-21,25,28,32,41H,5-6,12-19,22-24,26H2,1-4H3,(H,42,49)(H,43,50)(H,45,46)/t28-/m0/s1. The van der Waals surface area contributed by atoms with Crippen LogP contribution in [-0.2, 0) is 46.9 Å². The Labute approximate surface area is 301 Å². The molecule has 272 valence electrons. The van der Waals surface area contributed by atoms with Crippen LogP contribution in [-0.4, -0.2) is 76.4 Å². The SMILES string of the molecule is CCc1nc2c(cnn2CC)c(NC2CCOCC2)c1CNC(=O)CCC(=O)NCc1ccc(C)c(-c2cccc(CN3CCNC[C@@H]3C)c2)c1. The van der Waals surface area contributed by atoms with Crippen molar-refractivity contribution in [2.45, 2.75) is 98.1 Å². The third kappa shape index (κ3) is 9.13. The predicted octanol–water partition coefficient (Wildman–Crippen LogP) is 5.09. The Kier molecular flexibility index (Phi) is 12.3. The fourth-order valence-corrected chi connectivity index (χ4v) is 7.17. The van der Waals surface area contributed by atoms with E-state index in [0.29, 0.717) is 19.1 Å². The van der Waals surface area contributed by atoms with Gasteiger partial charge in [-0.05, 0) is 80.0 Å². The molecule has 11 heteroatoms. The molecule has 2 saturated heterocycles. The fourth-order valence-electron chi connectivity index (χ4n) is 7.17.